The second kappa shape index (κ2) is 10.3. The molecule has 170 valence electrons. The van der Waals surface area contributed by atoms with Gasteiger partial charge in [-0.05, 0) is 42.7 Å². The third kappa shape index (κ3) is 5.19. The predicted molar refractivity (Wildman–Crippen MR) is 125 cm³/mol. The molecule has 1 aliphatic carbocycles. The number of nitrogens with zero attached hydrogens (tertiary/aromatic N) is 1. The van der Waals surface area contributed by atoms with E-state index in [1.54, 1.807) is 18.2 Å². The SMILES string of the molecule is O=C(/C=C/c1ccccc1)NCCNC(=O)c1ccc2c(c1)C(=O)N(C1CCCCC1)C2=O. The lowest BCUT2D eigenvalue weighted by atomic mass is 9.94. The normalized spacial score (nSPS) is 16.2. The Kier molecular flexibility index (Phi) is 6.98. The number of rotatable bonds is 7. The first-order chi connectivity index (χ1) is 16.0. The van der Waals surface area contributed by atoms with Crippen LogP contribution in [0.25, 0.3) is 6.08 Å². The molecule has 0 spiro atoms. The van der Waals surface area contributed by atoms with E-state index in [1.165, 1.54) is 17.0 Å². The van der Waals surface area contributed by atoms with Gasteiger partial charge < -0.3 is 10.6 Å². The highest BCUT2D eigenvalue weighted by atomic mass is 16.2. The van der Waals surface area contributed by atoms with Crippen molar-refractivity contribution >= 4 is 29.7 Å². The Balaban J connectivity index is 1.29. The summed E-state index contributed by atoms with van der Waals surface area (Å²) in [7, 11) is 0. The minimum absolute atomic E-state index is 0.0528. The van der Waals surface area contributed by atoms with Crippen LogP contribution in [-0.2, 0) is 4.79 Å². The molecular weight excluding hydrogens is 418 g/mol. The van der Waals surface area contributed by atoms with Crippen LogP contribution in [-0.4, -0.2) is 47.7 Å². The van der Waals surface area contributed by atoms with Crippen LogP contribution in [0, 0.1) is 0 Å². The second-order valence-corrected chi connectivity index (χ2v) is 8.32. The third-order valence-electron chi connectivity index (χ3n) is 6.06. The first kappa shape index (κ1) is 22.5. The molecule has 7 nitrogen and oxygen atoms in total. The minimum Gasteiger partial charge on any atom is -0.351 e. The molecule has 0 unspecified atom stereocenters. The van der Waals surface area contributed by atoms with Crippen LogP contribution in [0.4, 0.5) is 0 Å². The number of carbonyl (C=O) groups excluding carboxylic acids is 4. The van der Waals surface area contributed by atoms with Gasteiger partial charge in [-0.15, -0.1) is 0 Å². The van der Waals surface area contributed by atoms with E-state index in [9.17, 15) is 19.2 Å². The predicted octanol–water partition coefficient (Wildman–Crippen LogP) is 3.17. The second-order valence-electron chi connectivity index (χ2n) is 8.32. The van der Waals surface area contributed by atoms with Gasteiger partial charge in [0.2, 0.25) is 5.91 Å². The van der Waals surface area contributed by atoms with Gasteiger partial charge in [-0.3, -0.25) is 24.1 Å². The van der Waals surface area contributed by atoms with E-state index in [0.29, 0.717) is 11.1 Å². The highest BCUT2D eigenvalue weighted by molar-refractivity contribution is 6.22. The summed E-state index contributed by atoms with van der Waals surface area (Å²) in [6, 6.07) is 14.0. The van der Waals surface area contributed by atoms with Gasteiger partial charge in [-0.25, -0.2) is 0 Å². The highest BCUT2D eigenvalue weighted by Crippen LogP contribution is 2.31. The summed E-state index contributed by atoms with van der Waals surface area (Å²) in [6.07, 6.45) is 8.00. The van der Waals surface area contributed by atoms with Crippen LogP contribution < -0.4 is 10.6 Å². The molecule has 1 aliphatic heterocycles. The van der Waals surface area contributed by atoms with Crippen molar-refractivity contribution in [2.75, 3.05) is 13.1 Å². The van der Waals surface area contributed by atoms with Crippen molar-refractivity contribution < 1.29 is 19.2 Å². The van der Waals surface area contributed by atoms with E-state index in [2.05, 4.69) is 10.6 Å². The number of carbonyl (C=O) groups is 4. The maximum atomic E-state index is 12.9. The number of benzene rings is 2. The topological polar surface area (TPSA) is 95.6 Å². The fraction of sp³-hybridized carbons (Fsp3) is 0.308. The van der Waals surface area contributed by atoms with E-state index >= 15 is 0 Å². The van der Waals surface area contributed by atoms with Crippen molar-refractivity contribution in [3.63, 3.8) is 0 Å². The van der Waals surface area contributed by atoms with Crippen molar-refractivity contribution in [2.24, 2.45) is 0 Å². The number of hydrogen-bond acceptors (Lipinski definition) is 4. The lowest BCUT2D eigenvalue weighted by molar-refractivity contribution is -0.116. The Morgan fingerprint density at radius 1 is 0.879 bits per heavy atom. The van der Waals surface area contributed by atoms with E-state index in [4.69, 9.17) is 0 Å². The average molecular weight is 446 g/mol. The maximum absolute atomic E-state index is 12.9. The summed E-state index contributed by atoms with van der Waals surface area (Å²) in [5.41, 5.74) is 1.89. The minimum atomic E-state index is -0.358. The summed E-state index contributed by atoms with van der Waals surface area (Å²) < 4.78 is 0. The maximum Gasteiger partial charge on any atom is 0.261 e. The van der Waals surface area contributed by atoms with E-state index in [1.807, 2.05) is 30.3 Å². The standard InChI is InChI=1S/C26H27N3O4/c30-23(14-11-18-7-3-1-4-8-18)27-15-16-28-24(31)19-12-13-21-22(17-19)26(33)29(25(21)32)20-9-5-2-6-10-20/h1,3-4,7-8,11-14,17,20H,2,5-6,9-10,15-16H2,(H,27,30)(H,28,31)/b14-11+. The zero-order valence-corrected chi connectivity index (χ0v) is 18.4. The molecule has 0 aromatic heterocycles. The summed E-state index contributed by atoms with van der Waals surface area (Å²) in [6.45, 7) is 0.503. The molecule has 0 bridgehead atoms. The Morgan fingerprint density at radius 2 is 1.58 bits per heavy atom. The lowest BCUT2D eigenvalue weighted by Crippen LogP contribution is -2.40. The zero-order chi connectivity index (χ0) is 23.2. The van der Waals surface area contributed by atoms with Crippen LogP contribution >= 0.6 is 0 Å². The van der Waals surface area contributed by atoms with Crippen LogP contribution in [0.5, 0.6) is 0 Å². The quantitative estimate of drug-likeness (QED) is 0.389. The Labute approximate surface area is 192 Å². The van der Waals surface area contributed by atoms with Crippen LogP contribution in [0.15, 0.2) is 54.6 Å². The number of amides is 4. The van der Waals surface area contributed by atoms with Gasteiger partial charge in [-0.1, -0.05) is 49.6 Å². The van der Waals surface area contributed by atoms with E-state index in [0.717, 1.165) is 37.7 Å². The zero-order valence-electron chi connectivity index (χ0n) is 18.4. The monoisotopic (exact) mass is 445 g/mol. The molecule has 2 aliphatic rings. The van der Waals surface area contributed by atoms with Crippen molar-refractivity contribution in [1.29, 1.82) is 0 Å². The molecular formula is C26H27N3O4. The Hall–Kier alpha value is -3.74. The largest absolute Gasteiger partial charge is 0.351 e. The molecule has 0 atom stereocenters. The smallest absolute Gasteiger partial charge is 0.261 e. The summed E-state index contributed by atoms with van der Waals surface area (Å²) >= 11 is 0. The first-order valence-electron chi connectivity index (χ1n) is 11.4. The summed E-state index contributed by atoms with van der Waals surface area (Å²) in [5.74, 6) is -1.19. The molecule has 4 amide bonds. The van der Waals surface area contributed by atoms with E-state index in [-0.39, 0.29) is 48.3 Å². The fourth-order valence-corrected chi connectivity index (χ4v) is 4.33. The van der Waals surface area contributed by atoms with Gasteiger partial charge in [0.25, 0.3) is 17.7 Å². The van der Waals surface area contributed by atoms with Gasteiger partial charge >= 0.3 is 0 Å². The molecule has 1 heterocycles. The lowest BCUT2D eigenvalue weighted by Gasteiger charge is -2.29. The number of fused-ring (bicyclic) bond motifs is 1. The van der Waals surface area contributed by atoms with Crippen LogP contribution in [0.2, 0.25) is 0 Å². The van der Waals surface area contributed by atoms with Crippen LogP contribution in [0.3, 0.4) is 0 Å². The summed E-state index contributed by atoms with van der Waals surface area (Å²) in [5, 5.41) is 5.44. The number of imide groups is 1. The van der Waals surface area contributed by atoms with Crippen molar-refractivity contribution in [3.05, 3.63) is 76.9 Å². The molecule has 2 N–H and O–H groups in total. The number of hydrogen-bond donors (Lipinski definition) is 2. The summed E-state index contributed by atoms with van der Waals surface area (Å²) in [4.78, 5) is 51.5. The van der Waals surface area contributed by atoms with Crippen LogP contribution in [0.1, 0.15) is 68.7 Å². The van der Waals surface area contributed by atoms with Gasteiger partial charge in [-0.2, -0.15) is 0 Å². The fourth-order valence-electron chi connectivity index (χ4n) is 4.33. The van der Waals surface area contributed by atoms with Crippen molar-refractivity contribution in [1.82, 2.24) is 15.5 Å². The molecule has 0 saturated heterocycles. The van der Waals surface area contributed by atoms with E-state index < -0.39 is 0 Å². The molecule has 7 heteroatoms. The molecule has 1 fully saturated rings. The third-order valence-corrected chi connectivity index (χ3v) is 6.06. The van der Waals surface area contributed by atoms with Gasteiger partial charge in [0.15, 0.2) is 0 Å². The van der Waals surface area contributed by atoms with Crippen molar-refractivity contribution in [2.45, 2.75) is 38.1 Å². The first-order valence-corrected chi connectivity index (χ1v) is 11.4. The molecule has 2 aromatic carbocycles. The van der Waals surface area contributed by atoms with Gasteiger partial charge in [0.1, 0.15) is 0 Å². The Bertz CT molecular complexity index is 1090. The van der Waals surface area contributed by atoms with Crippen molar-refractivity contribution in [3.8, 4) is 0 Å². The average Bonchev–Trinajstić information content (AvgIpc) is 3.10. The Morgan fingerprint density at radius 3 is 2.33 bits per heavy atom. The number of nitrogens with one attached hydrogen (secondary N) is 2. The molecule has 2 aromatic rings. The highest BCUT2D eigenvalue weighted by Gasteiger charge is 2.40. The molecule has 1 saturated carbocycles. The molecule has 4 rings (SSSR count). The van der Waals surface area contributed by atoms with Gasteiger partial charge in [0, 0.05) is 30.8 Å². The molecule has 0 radical (unpaired) electrons. The molecule has 33 heavy (non-hydrogen) atoms. The van der Waals surface area contributed by atoms with Gasteiger partial charge in [0.05, 0.1) is 11.1 Å².